The molecule has 0 bridgehead atoms. The van der Waals surface area contributed by atoms with Gasteiger partial charge in [-0.25, -0.2) is 0 Å². The molecule has 27 heavy (non-hydrogen) atoms. The molecule has 0 fully saturated rings. The van der Waals surface area contributed by atoms with Crippen molar-refractivity contribution in [2.24, 2.45) is 0 Å². The molecule has 0 saturated heterocycles. The molecule has 0 saturated carbocycles. The Morgan fingerprint density at radius 3 is 2.11 bits per heavy atom. The highest BCUT2D eigenvalue weighted by Crippen LogP contribution is 2.21. The van der Waals surface area contributed by atoms with Gasteiger partial charge < -0.3 is 10.1 Å². The molecule has 0 unspecified atom stereocenters. The third-order valence-electron chi connectivity index (χ3n) is 4.45. The van der Waals surface area contributed by atoms with Crippen LogP contribution in [0.15, 0.2) is 84.9 Å². The molecule has 3 heteroatoms. The lowest BCUT2D eigenvalue weighted by Crippen LogP contribution is -2.36. The number of carbonyl (C=O) groups excluding carboxylic acids is 1. The Labute approximate surface area is 161 Å². The maximum atomic E-state index is 12.1. The van der Waals surface area contributed by atoms with Gasteiger partial charge in [0.1, 0.15) is 5.75 Å². The van der Waals surface area contributed by atoms with E-state index in [1.54, 1.807) is 0 Å². The molecular formula is C24H25NO2. The van der Waals surface area contributed by atoms with Gasteiger partial charge in [-0.2, -0.15) is 0 Å². The van der Waals surface area contributed by atoms with Crippen LogP contribution in [0.25, 0.3) is 11.1 Å². The molecular weight excluding hydrogens is 334 g/mol. The van der Waals surface area contributed by atoms with Crippen LogP contribution in [-0.2, 0) is 11.2 Å². The minimum Gasteiger partial charge on any atom is -0.484 e. The summed E-state index contributed by atoms with van der Waals surface area (Å²) in [7, 11) is 0. The van der Waals surface area contributed by atoms with E-state index in [1.165, 1.54) is 5.56 Å². The maximum Gasteiger partial charge on any atom is 0.258 e. The summed E-state index contributed by atoms with van der Waals surface area (Å²) in [5, 5.41) is 2.99. The van der Waals surface area contributed by atoms with Crippen LogP contribution in [-0.4, -0.2) is 18.6 Å². The molecule has 0 radical (unpaired) electrons. The highest BCUT2D eigenvalue weighted by Gasteiger charge is 2.08. The number of nitrogens with one attached hydrogen (secondary N) is 1. The lowest BCUT2D eigenvalue weighted by atomic mass is 10.1. The van der Waals surface area contributed by atoms with E-state index in [-0.39, 0.29) is 18.6 Å². The van der Waals surface area contributed by atoms with Gasteiger partial charge in [0.05, 0.1) is 0 Å². The van der Waals surface area contributed by atoms with Crippen LogP contribution in [0, 0.1) is 0 Å². The van der Waals surface area contributed by atoms with Crippen molar-refractivity contribution in [3.63, 3.8) is 0 Å². The first kappa shape index (κ1) is 18.7. The fraction of sp³-hybridized carbons (Fsp3) is 0.208. The van der Waals surface area contributed by atoms with Crippen LogP contribution in [0.1, 0.15) is 18.9 Å². The number of hydrogen-bond acceptors (Lipinski definition) is 2. The predicted octanol–water partition coefficient (Wildman–Crippen LogP) is 4.87. The molecule has 3 rings (SSSR count). The minimum atomic E-state index is -0.0947. The van der Waals surface area contributed by atoms with Crippen LogP contribution in [0.5, 0.6) is 5.75 Å². The highest BCUT2D eigenvalue weighted by molar-refractivity contribution is 5.77. The molecule has 1 atom stereocenters. The summed E-state index contributed by atoms with van der Waals surface area (Å²) < 4.78 is 5.61. The zero-order valence-corrected chi connectivity index (χ0v) is 15.6. The summed E-state index contributed by atoms with van der Waals surface area (Å²) in [6, 6.07) is 28.4. The molecule has 3 aromatic carbocycles. The number of rotatable bonds is 8. The fourth-order valence-electron chi connectivity index (χ4n) is 2.94. The fourth-order valence-corrected chi connectivity index (χ4v) is 2.94. The largest absolute Gasteiger partial charge is 0.484 e. The molecule has 0 aliphatic heterocycles. The Bertz CT molecular complexity index is 829. The summed E-state index contributed by atoms with van der Waals surface area (Å²) in [4.78, 5) is 12.1. The molecule has 0 heterocycles. The summed E-state index contributed by atoms with van der Waals surface area (Å²) in [6.45, 7) is 2.05. The normalized spacial score (nSPS) is 11.6. The standard InChI is InChI=1S/C24H25NO2/c1-19(12-13-20-8-4-2-5-9-20)25-24(26)18-27-23-16-14-22(15-17-23)21-10-6-3-7-11-21/h2-11,14-17,19H,12-13,18H2,1H3,(H,25,26)/t19-/m1/s1. The first-order valence-corrected chi connectivity index (χ1v) is 9.32. The molecule has 3 nitrogen and oxygen atoms in total. The van der Waals surface area contributed by atoms with Gasteiger partial charge in [-0.3, -0.25) is 4.79 Å². The van der Waals surface area contributed by atoms with Gasteiger partial charge >= 0.3 is 0 Å². The van der Waals surface area contributed by atoms with E-state index in [2.05, 4.69) is 29.6 Å². The smallest absolute Gasteiger partial charge is 0.258 e. The van der Waals surface area contributed by atoms with E-state index < -0.39 is 0 Å². The van der Waals surface area contributed by atoms with Gasteiger partial charge in [0.2, 0.25) is 0 Å². The molecule has 3 aromatic rings. The van der Waals surface area contributed by atoms with E-state index in [1.807, 2.05) is 67.6 Å². The third-order valence-corrected chi connectivity index (χ3v) is 4.45. The molecule has 1 amide bonds. The molecule has 0 spiro atoms. The molecule has 138 valence electrons. The second-order valence-corrected chi connectivity index (χ2v) is 6.67. The van der Waals surface area contributed by atoms with Gasteiger partial charge in [-0.1, -0.05) is 72.8 Å². The lowest BCUT2D eigenvalue weighted by Gasteiger charge is -2.14. The summed E-state index contributed by atoms with van der Waals surface area (Å²) >= 11 is 0. The van der Waals surface area contributed by atoms with E-state index in [0.29, 0.717) is 5.75 Å². The summed E-state index contributed by atoms with van der Waals surface area (Å²) in [5.74, 6) is 0.601. The average Bonchev–Trinajstić information content (AvgIpc) is 2.72. The third kappa shape index (κ3) is 6.00. The first-order chi connectivity index (χ1) is 13.2. The van der Waals surface area contributed by atoms with Crippen molar-refractivity contribution in [3.8, 4) is 16.9 Å². The Morgan fingerprint density at radius 1 is 0.852 bits per heavy atom. The number of aryl methyl sites for hydroxylation is 1. The van der Waals surface area contributed by atoms with E-state index >= 15 is 0 Å². The van der Waals surface area contributed by atoms with Crippen LogP contribution in [0.2, 0.25) is 0 Å². The van der Waals surface area contributed by atoms with Gasteiger partial charge in [-0.05, 0) is 48.6 Å². The van der Waals surface area contributed by atoms with Crippen LogP contribution >= 0.6 is 0 Å². The number of amides is 1. The van der Waals surface area contributed by atoms with Crippen molar-refractivity contribution in [2.75, 3.05) is 6.61 Å². The van der Waals surface area contributed by atoms with Crippen molar-refractivity contribution in [1.29, 1.82) is 0 Å². The van der Waals surface area contributed by atoms with Gasteiger partial charge in [0.25, 0.3) is 5.91 Å². The highest BCUT2D eigenvalue weighted by atomic mass is 16.5. The predicted molar refractivity (Wildman–Crippen MR) is 110 cm³/mol. The first-order valence-electron chi connectivity index (χ1n) is 9.32. The number of carbonyl (C=O) groups is 1. The molecule has 0 aromatic heterocycles. The van der Waals surface area contributed by atoms with Crippen molar-refractivity contribution in [2.45, 2.75) is 25.8 Å². The van der Waals surface area contributed by atoms with Crippen LogP contribution in [0.4, 0.5) is 0 Å². The van der Waals surface area contributed by atoms with Crippen LogP contribution < -0.4 is 10.1 Å². The van der Waals surface area contributed by atoms with E-state index in [9.17, 15) is 4.79 Å². The molecule has 1 N–H and O–H groups in total. The maximum absolute atomic E-state index is 12.1. The van der Waals surface area contributed by atoms with Gasteiger partial charge in [0.15, 0.2) is 6.61 Å². The van der Waals surface area contributed by atoms with Crippen molar-refractivity contribution in [1.82, 2.24) is 5.32 Å². The Kier molecular flexibility index (Phi) is 6.64. The van der Waals surface area contributed by atoms with Crippen molar-refractivity contribution >= 4 is 5.91 Å². The second kappa shape index (κ2) is 9.58. The lowest BCUT2D eigenvalue weighted by molar-refractivity contribution is -0.123. The summed E-state index contributed by atoms with van der Waals surface area (Å²) in [6.07, 6.45) is 1.85. The van der Waals surface area contributed by atoms with E-state index in [0.717, 1.165) is 24.0 Å². The second-order valence-electron chi connectivity index (χ2n) is 6.67. The Balaban J connectivity index is 1.42. The number of hydrogen-bond donors (Lipinski definition) is 1. The Hall–Kier alpha value is -3.07. The number of benzene rings is 3. The zero-order chi connectivity index (χ0) is 18.9. The van der Waals surface area contributed by atoms with E-state index in [4.69, 9.17) is 4.74 Å². The quantitative estimate of drug-likeness (QED) is 0.623. The zero-order valence-electron chi connectivity index (χ0n) is 15.6. The summed E-state index contributed by atoms with van der Waals surface area (Å²) in [5.41, 5.74) is 3.57. The molecule has 0 aliphatic rings. The number of ether oxygens (including phenoxy) is 1. The van der Waals surface area contributed by atoms with Crippen molar-refractivity contribution in [3.05, 3.63) is 90.5 Å². The van der Waals surface area contributed by atoms with Gasteiger partial charge in [-0.15, -0.1) is 0 Å². The minimum absolute atomic E-state index is 0.0281. The average molecular weight is 359 g/mol. The Morgan fingerprint density at radius 2 is 1.44 bits per heavy atom. The topological polar surface area (TPSA) is 38.3 Å². The molecule has 0 aliphatic carbocycles. The van der Waals surface area contributed by atoms with Crippen LogP contribution in [0.3, 0.4) is 0 Å². The van der Waals surface area contributed by atoms with Gasteiger partial charge in [0, 0.05) is 6.04 Å². The SMILES string of the molecule is C[C@H](CCc1ccccc1)NC(=O)COc1ccc(-c2ccccc2)cc1. The monoisotopic (exact) mass is 359 g/mol. The van der Waals surface area contributed by atoms with Crippen molar-refractivity contribution < 1.29 is 9.53 Å².